The fourth-order valence-electron chi connectivity index (χ4n) is 6.99. The largest absolute Gasteiger partial charge is 0.393 e. The molecule has 1 unspecified atom stereocenters. The molecule has 2 saturated heterocycles. The number of alkyl halides is 3. The lowest BCUT2D eigenvalue weighted by Crippen LogP contribution is -2.43. The second-order valence-electron chi connectivity index (χ2n) is 13.3. The predicted octanol–water partition coefficient (Wildman–Crippen LogP) is 4.82. The number of hydrogen-bond donors (Lipinski definition) is 2. The van der Waals surface area contributed by atoms with Gasteiger partial charge in [0.1, 0.15) is 17.6 Å². The quantitative estimate of drug-likeness (QED) is 0.236. The fourth-order valence-corrected chi connectivity index (χ4v) is 8.13. The number of amides is 1. The van der Waals surface area contributed by atoms with E-state index in [0.29, 0.717) is 31.1 Å². The number of nitrogens with one attached hydrogen (secondary N) is 1. The van der Waals surface area contributed by atoms with E-state index in [1.54, 1.807) is 17.2 Å². The first kappa shape index (κ1) is 35.6. The summed E-state index contributed by atoms with van der Waals surface area (Å²) in [5.41, 5.74) is 4.73. The summed E-state index contributed by atoms with van der Waals surface area (Å²) in [7, 11) is 0. The Kier molecular flexibility index (Phi) is 11.3. The lowest BCUT2D eigenvalue weighted by atomic mass is 9.91. The predicted molar refractivity (Wildman–Crippen MR) is 185 cm³/mol. The third kappa shape index (κ3) is 8.31. The molecule has 12 heteroatoms. The number of carbonyl (C=O) groups excluding carboxylic acids is 1. The van der Waals surface area contributed by atoms with Crippen molar-refractivity contribution in [2.75, 3.05) is 26.2 Å². The number of likely N-dealkylation sites (tertiary alicyclic amines) is 2. The summed E-state index contributed by atoms with van der Waals surface area (Å²) in [6, 6.07) is 10.2. The number of fused-ring (bicyclic) bond motifs is 1. The van der Waals surface area contributed by atoms with Gasteiger partial charge >= 0.3 is 6.18 Å². The molecule has 1 amide bonds. The number of hydrogen-bond acceptors (Lipinski definition) is 7. The number of rotatable bonds is 10. The van der Waals surface area contributed by atoms with Crippen LogP contribution in [0, 0.1) is 24.2 Å². The molecule has 4 heterocycles. The van der Waals surface area contributed by atoms with Crippen LogP contribution in [0.15, 0.2) is 29.3 Å². The summed E-state index contributed by atoms with van der Waals surface area (Å²) in [6.07, 6.45) is -0.0449. The molecule has 2 N–H and O–H groups in total. The molecule has 0 aliphatic carbocycles. The lowest BCUT2D eigenvalue weighted by Gasteiger charge is -2.33. The minimum atomic E-state index is -4.26. The molecule has 2 aliphatic rings. The van der Waals surface area contributed by atoms with E-state index < -0.39 is 18.7 Å². The van der Waals surface area contributed by atoms with Crippen LogP contribution >= 0.6 is 11.3 Å². The number of aliphatic hydroxyl groups excluding tert-OH is 1. The van der Waals surface area contributed by atoms with Gasteiger partial charge in [0.25, 0.3) is 0 Å². The molecule has 8 nitrogen and oxygen atoms in total. The van der Waals surface area contributed by atoms with Crippen molar-refractivity contribution in [1.82, 2.24) is 19.7 Å². The molecule has 48 heavy (non-hydrogen) atoms. The Hall–Kier alpha value is -3.66. The van der Waals surface area contributed by atoms with Gasteiger partial charge in [0.05, 0.1) is 19.1 Å². The van der Waals surface area contributed by atoms with Crippen LogP contribution in [0.1, 0.15) is 68.2 Å². The summed E-state index contributed by atoms with van der Waals surface area (Å²) in [5, 5.41) is 26.3. The molecule has 0 radical (unpaired) electrons. The molecule has 1 aromatic carbocycles. The lowest BCUT2D eigenvalue weighted by molar-refractivity contribution is -0.126. The topological polar surface area (TPSA) is 96.9 Å². The van der Waals surface area contributed by atoms with Gasteiger partial charge in [0.2, 0.25) is 6.41 Å². The number of benzene rings is 1. The van der Waals surface area contributed by atoms with E-state index in [1.165, 1.54) is 16.9 Å². The Labute approximate surface area is 283 Å². The maximum Gasteiger partial charge on any atom is 0.393 e. The molecule has 2 fully saturated rings. The Morgan fingerprint density at radius 1 is 1.17 bits per heavy atom. The zero-order chi connectivity index (χ0) is 34.6. The molecule has 0 saturated carbocycles. The van der Waals surface area contributed by atoms with Gasteiger partial charge < -0.3 is 19.9 Å². The Morgan fingerprint density at radius 2 is 1.88 bits per heavy atom. The van der Waals surface area contributed by atoms with Crippen molar-refractivity contribution in [2.45, 2.75) is 91.2 Å². The summed E-state index contributed by atoms with van der Waals surface area (Å²) in [6.45, 7) is 11.8. The molecule has 3 aromatic rings. The van der Waals surface area contributed by atoms with Gasteiger partial charge in [-0.3, -0.25) is 9.69 Å². The Bertz CT molecular complexity index is 1800. The zero-order valence-electron chi connectivity index (χ0n) is 28.1. The van der Waals surface area contributed by atoms with E-state index in [1.807, 2.05) is 31.4 Å². The van der Waals surface area contributed by atoms with Crippen LogP contribution in [-0.2, 0) is 24.3 Å². The third-order valence-corrected chi connectivity index (χ3v) is 11.0. The number of nitrogens with zero attached hydrogens (tertiary/aromatic N) is 5. The van der Waals surface area contributed by atoms with E-state index in [4.69, 9.17) is 0 Å². The maximum atomic E-state index is 13.2. The van der Waals surface area contributed by atoms with Crippen molar-refractivity contribution in [2.24, 2.45) is 10.9 Å². The second-order valence-corrected chi connectivity index (χ2v) is 14.4. The van der Waals surface area contributed by atoms with Crippen LogP contribution < -0.4 is 15.1 Å². The van der Waals surface area contributed by atoms with Gasteiger partial charge in [-0.25, -0.2) is 4.99 Å². The van der Waals surface area contributed by atoms with Crippen LogP contribution in [-0.4, -0.2) is 76.6 Å². The van der Waals surface area contributed by atoms with E-state index in [0.717, 1.165) is 83.5 Å². The number of thiophene rings is 1. The number of halogens is 3. The number of piperidine rings is 2. The van der Waals surface area contributed by atoms with E-state index >= 15 is 0 Å². The van der Waals surface area contributed by atoms with Crippen LogP contribution in [0.5, 0.6) is 0 Å². The van der Waals surface area contributed by atoms with Gasteiger partial charge in [0, 0.05) is 70.5 Å². The minimum Gasteiger partial charge on any atom is -0.391 e. The highest BCUT2D eigenvalue weighted by molar-refractivity contribution is 7.09. The van der Waals surface area contributed by atoms with Crippen molar-refractivity contribution >= 4 is 46.3 Å². The highest BCUT2D eigenvalue weighted by Gasteiger charge is 2.29. The van der Waals surface area contributed by atoms with Crippen LogP contribution in [0.2, 0.25) is 0 Å². The van der Waals surface area contributed by atoms with Gasteiger partial charge in [0.15, 0.2) is 0 Å². The molecular formula is C36H45F3N6O2S. The van der Waals surface area contributed by atoms with Gasteiger partial charge in [-0.05, 0) is 88.6 Å². The minimum absolute atomic E-state index is 0.0821. The summed E-state index contributed by atoms with van der Waals surface area (Å²) >= 11 is 1.18. The first-order chi connectivity index (χ1) is 22.9. The molecule has 258 valence electrons. The monoisotopic (exact) mass is 682 g/mol. The number of aromatic nitrogens is 1. The van der Waals surface area contributed by atoms with Crippen LogP contribution in [0.4, 0.5) is 13.2 Å². The zero-order valence-corrected chi connectivity index (χ0v) is 28.9. The Balaban J connectivity index is 1.27. The van der Waals surface area contributed by atoms with Gasteiger partial charge in [-0.15, -0.1) is 11.3 Å². The summed E-state index contributed by atoms with van der Waals surface area (Å²) in [4.78, 5) is 20.1. The van der Waals surface area contributed by atoms with Crippen molar-refractivity contribution in [3.8, 4) is 6.07 Å². The summed E-state index contributed by atoms with van der Waals surface area (Å²) in [5.74, 6) is 0.700. The van der Waals surface area contributed by atoms with E-state index in [-0.39, 0.29) is 16.8 Å². The highest BCUT2D eigenvalue weighted by atomic mass is 32.1. The number of aliphatic hydroxyl groups is 1. The number of carbonyl (C=O) groups is 1. The third-order valence-electron chi connectivity index (χ3n) is 9.67. The summed E-state index contributed by atoms with van der Waals surface area (Å²) < 4.78 is 42.3. The highest BCUT2D eigenvalue weighted by Crippen LogP contribution is 2.30. The Morgan fingerprint density at radius 3 is 2.48 bits per heavy atom. The second kappa shape index (κ2) is 15.3. The molecule has 0 spiro atoms. The van der Waals surface area contributed by atoms with Crippen molar-refractivity contribution in [3.63, 3.8) is 0 Å². The number of aliphatic imine (C=N–C) groups is 1. The molecule has 1 atom stereocenters. The first-order valence-corrected chi connectivity index (χ1v) is 17.5. The van der Waals surface area contributed by atoms with Crippen molar-refractivity contribution in [1.29, 1.82) is 5.26 Å². The van der Waals surface area contributed by atoms with Crippen molar-refractivity contribution < 1.29 is 23.1 Å². The normalized spacial score (nSPS) is 18.4. The van der Waals surface area contributed by atoms with E-state index in [2.05, 4.69) is 40.3 Å². The average molecular weight is 683 g/mol. The SMILES string of the molecule is C/C=N\C(NC1CCN(Cc2ccc3c(cc(C#N)n3CC(O)C3CCN(C=O)CC3)c2C)CC1)=c1\cc(CC(F)(F)F)sc1=C(C)C. The average Bonchev–Trinajstić information content (AvgIpc) is 3.63. The molecule has 0 bridgehead atoms. The van der Waals surface area contributed by atoms with Gasteiger partial charge in [-0.2, -0.15) is 18.4 Å². The molecule has 2 aromatic heterocycles. The molecular weight excluding hydrogens is 637 g/mol. The fraction of sp³-hybridized carbons (Fsp3) is 0.528. The molecule has 2 aliphatic heterocycles. The standard InChI is InChI=1S/C36H45F3N6O2S/c1-5-41-35(31-17-29(18-36(37,38)39)48-34(31)23(2)3)42-27-10-14-43(15-11-27)20-26-6-7-32-30(24(26)4)16-28(19-40)45(32)21-33(47)25-8-12-44(22-46)13-9-25/h5-7,16-17,22,25,27,33,42,47H,8-15,18,20-21H2,1-4H3/b35-31+,41-5-. The van der Waals surface area contributed by atoms with Crippen LogP contribution in [0.3, 0.4) is 0 Å². The van der Waals surface area contributed by atoms with Gasteiger partial charge in [-0.1, -0.05) is 11.6 Å². The van der Waals surface area contributed by atoms with Crippen molar-refractivity contribution in [3.05, 3.63) is 55.7 Å². The van der Waals surface area contributed by atoms with Crippen LogP contribution in [0.25, 0.3) is 22.3 Å². The first-order valence-electron chi connectivity index (χ1n) is 16.6. The molecule has 5 rings (SSSR count). The number of aryl methyl sites for hydroxylation is 1. The number of nitriles is 1. The smallest absolute Gasteiger partial charge is 0.391 e. The van der Waals surface area contributed by atoms with E-state index in [9.17, 15) is 28.3 Å². The maximum absolute atomic E-state index is 13.2.